The fraction of sp³-hybridized carbons (Fsp3) is 0.304. The minimum atomic E-state index is -0.365. The maximum atomic E-state index is 13.2. The zero-order valence-corrected chi connectivity index (χ0v) is 18.8. The van der Waals surface area contributed by atoms with Gasteiger partial charge in [-0.25, -0.2) is 4.98 Å². The summed E-state index contributed by atoms with van der Waals surface area (Å²) in [5.74, 6) is 0.761. The summed E-state index contributed by atoms with van der Waals surface area (Å²) >= 11 is 1.39. The highest BCUT2D eigenvalue weighted by atomic mass is 32.1. The van der Waals surface area contributed by atoms with E-state index in [1.54, 1.807) is 23.1 Å². The molecule has 0 atom stereocenters. The first-order valence-electron chi connectivity index (χ1n) is 10.5. The summed E-state index contributed by atoms with van der Waals surface area (Å²) < 4.78 is 5.49. The number of aryl methyl sites for hydroxylation is 1. The zero-order chi connectivity index (χ0) is 22.7. The van der Waals surface area contributed by atoms with Crippen molar-refractivity contribution in [3.63, 3.8) is 0 Å². The highest BCUT2D eigenvalue weighted by molar-refractivity contribution is 7.17. The van der Waals surface area contributed by atoms with Crippen LogP contribution >= 0.6 is 11.3 Å². The molecule has 32 heavy (non-hydrogen) atoms. The molecule has 0 radical (unpaired) electrons. The summed E-state index contributed by atoms with van der Waals surface area (Å²) in [6.45, 7) is 6.49. The summed E-state index contributed by atoms with van der Waals surface area (Å²) in [7, 11) is 0. The van der Waals surface area contributed by atoms with E-state index in [0.29, 0.717) is 49.0 Å². The first-order chi connectivity index (χ1) is 15.5. The monoisotopic (exact) mass is 452 g/mol. The molecule has 1 aliphatic heterocycles. The summed E-state index contributed by atoms with van der Waals surface area (Å²) in [6.07, 6.45) is 0. The van der Waals surface area contributed by atoms with Gasteiger partial charge in [0.1, 0.15) is 21.3 Å². The Balaban J connectivity index is 1.45. The van der Waals surface area contributed by atoms with Crippen LogP contribution in [0.1, 0.15) is 22.3 Å². The Labute approximate surface area is 190 Å². The number of carbonyl (C=O) groups excluding carboxylic acids is 1. The number of ether oxygens (including phenoxy) is 1. The minimum absolute atomic E-state index is 0.0422. The fourth-order valence-corrected chi connectivity index (χ4v) is 4.80. The Kier molecular flexibility index (Phi) is 6.36. The standard InChI is InChI=1S/C23H24N4O4S/c1-3-31-18-10-8-17(9-11-18)22-24-16(2)21(32-22)23(28)26-14-12-25(13-15-26)19-6-4-5-7-20(19)27(29)30/h4-11H,3,12-15H2,1-2H3. The normalized spacial score (nSPS) is 13.8. The molecule has 0 bridgehead atoms. The lowest BCUT2D eigenvalue weighted by molar-refractivity contribution is -0.384. The van der Waals surface area contributed by atoms with Crippen LogP contribution < -0.4 is 9.64 Å². The summed E-state index contributed by atoms with van der Waals surface area (Å²) in [5.41, 5.74) is 2.34. The molecule has 9 heteroatoms. The second kappa shape index (κ2) is 9.35. The van der Waals surface area contributed by atoms with Crippen molar-refractivity contribution in [2.24, 2.45) is 0 Å². The van der Waals surface area contributed by atoms with Crippen LogP contribution in [-0.2, 0) is 0 Å². The Morgan fingerprint density at radius 2 is 1.81 bits per heavy atom. The predicted molar refractivity (Wildman–Crippen MR) is 125 cm³/mol. The largest absolute Gasteiger partial charge is 0.494 e. The summed E-state index contributed by atoms with van der Waals surface area (Å²) in [6, 6.07) is 14.4. The Morgan fingerprint density at radius 3 is 2.47 bits per heavy atom. The summed E-state index contributed by atoms with van der Waals surface area (Å²) in [4.78, 5) is 33.1. The maximum absolute atomic E-state index is 13.2. The molecule has 1 fully saturated rings. The lowest BCUT2D eigenvalue weighted by atomic mass is 10.2. The number of nitro groups is 1. The predicted octanol–water partition coefficient (Wildman–Crippen LogP) is 4.39. The van der Waals surface area contributed by atoms with Crippen LogP contribution in [0.2, 0.25) is 0 Å². The van der Waals surface area contributed by atoms with E-state index in [9.17, 15) is 14.9 Å². The van der Waals surface area contributed by atoms with Crippen LogP contribution in [0.5, 0.6) is 5.75 Å². The van der Waals surface area contributed by atoms with Gasteiger partial charge >= 0.3 is 0 Å². The van der Waals surface area contributed by atoms with E-state index in [0.717, 1.165) is 16.3 Å². The third-order valence-corrected chi connectivity index (χ3v) is 6.58. The van der Waals surface area contributed by atoms with Crippen molar-refractivity contribution in [2.75, 3.05) is 37.7 Å². The summed E-state index contributed by atoms with van der Waals surface area (Å²) in [5, 5.41) is 12.1. The molecule has 2 heterocycles. The number of hydrogen-bond donors (Lipinski definition) is 0. The van der Waals surface area contributed by atoms with E-state index in [1.165, 1.54) is 17.4 Å². The smallest absolute Gasteiger partial charge is 0.292 e. The molecule has 1 amide bonds. The Morgan fingerprint density at radius 1 is 1.12 bits per heavy atom. The number of rotatable bonds is 6. The first kappa shape index (κ1) is 21.8. The molecule has 0 aliphatic carbocycles. The van der Waals surface area contributed by atoms with Gasteiger partial charge in [0.05, 0.1) is 17.2 Å². The van der Waals surface area contributed by atoms with Crippen molar-refractivity contribution < 1.29 is 14.5 Å². The molecule has 0 unspecified atom stereocenters. The molecule has 1 saturated heterocycles. The molecule has 0 spiro atoms. The lowest BCUT2D eigenvalue weighted by Crippen LogP contribution is -2.48. The van der Waals surface area contributed by atoms with Gasteiger partial charge in [0.25, 0.3) is 11.6 Å². The van der Waals surface area contributed by atoms with Crippen LogP contribution in [0.3, 0.4) is 0 Å². The van der Waals surface area contributed by atoms with Crippen LogP contribution in [0.15, 0.2) is 48.5 Å². The van der Waals surface area contributed by atoms with E-state index in [2.05, 4.69) is 4.98 Å². The molecular formula is C23H24N4O4S. The second-order valence-corrected chi connectivity index (χ2v) is 8.42. The second-order valence-electron chi connectivity index (χ2n) is 7.42. The third-order valence-electron chi connectivity index (χ3n) is 5.39. The van der Waals surface area contributed by atoms with Crippen LogP contribution in [0.25, 0.3) is 10.6 Å². The van der Waals surface area contributed by atoms with E-state index < -0.39 is 0 Å². The molecule has 1 aromatic heterocycles. The van der Waals surface area contributed by atoms with Gasteiger partial charge in [-0.15, -0.1) is 11.3 Å². The highest BCUT2D eigenvalue weighted by Gasteiger charge is 2.28. The van der Waals surface area contributed by atoms with Gasteiger partial charge < -0.3 is 14.5 Å². The molecule has 4 rings (SSSR count). The number of hydrogen-bond acceptors (Lipinski definition) is 7. The van der Waals surface area contributed by atoms with E-state index >= 15 is 0 Å². The quantitative estimate of drug-likeness (QED) is 0.407. The molecule has 2 aromatic carbocycles. The number of benzene rings is 2. The van der Waals surface area contributed by atoms with Gasteiger partial charge in [-0.1, -0.05) is 12.1 Å². The Bertz CT molecular complexity index is 1120. The van der Waals surface area contributed by atoms with Gasteiger partial charge in [0.15, 0.2) is 0 Å². The van der Waals surface area contributed by atoms with E-state index in [-0.39, 0.29) is 16.5 Å². The average molecular weight is 453 g/mol. The van der Waals surface area contributed by atoms with Gasteiger partial charge in [0, 0.05) is 37.8 Å². The lowest BCUT2D eigenvalue weighted by Gasteiger charge is -2.35. The highest BCUT2D eigenvalue weighted by Crippen LogP contribution is 2.31. The first-order valence-corrected chi connectivity index (χ1v) is 11.3. The van der Waals surface area contributed by atoms with Crippen LogP contribution in [0, 0.1) is 17.0 Å². The van der Waals surface area contributed by atoms with Crippen molar-refractivity contribution in [2.45, 2.75) is 13.8 Å². The van der Waals surface area contributed by atoms with E-state index in [1.807, 2.05) is 43.0 Å². The number of para-hydroxylation sites is 2. The van der Waals surface area contributed by atoms with Crippen molar-refractivity contribution in [3.05, 3.63) is 69.2 Å². The molecule has 0 N–H and O–H groups in total. The average Bonchev–Trinajstić information content (AvgIpc) is 3.21. The zero-order valence-electron chi connectivity index (χ0n) is 18.0. The molecule has 0 saturated carbocycles. The van der Waals surface area contributed by atoms with Gasteiger partial charge in [-0.2, -0.15) is 0 Å². The molecular weight excluding hydrogens is 428 g/mol. The van der Waals surface area contributed by atoms with Crippen molar-refractivity contribution in [1.29, 1.82) is 0 Å². The number of amides is 1. The van der Waals surface area contributed by atoms with E-state index in [4.69, 9.17) is 4.74 Å². The fourth-order valence-electron chi connectivity index (χ4n) is 3.76. The number of nitrogens with zero attached hydrogens (tertiary/aromatic N) is 4. The molecule has 1 aliphatic rings. The SMILES string of the molecule is CCOc1ccc(-c2nc(C)c(C(=O)N3CCN(c4ccccc4[N+](=O)[O-])CC3)s2)cc1. The van der Waals surface area contributed by atoms with Crippen LogP contribution in [0.4, 0.5) is 11.4 Å². The number of thiazole rings is 1. The number of nitro benzene ring substituents is 1. The molecule has 166 valence electrons. The number of anilines is 1. The van der Waals surface area contributed by atoms with Crippen molar-refractivity contribution >= 4 is 28.6 Å². The van der Waals surface area contributed by atoms with Crippen molar-refractivity contribution in [1.82, 2.24) is 9.88 Å². The number of carbonyl (C=O) groups is 1. The van der Waals surface area contributed by atoms with Gasteiger partial charge in [0.2, 0.25) is 0 Å². The topological polar surface area (TPSA) is 88.8 Å². The molecule has 8 nitrogen and oxygen atoms in total. The molecule has 3 aromatic rings. The minimum Gasteiger partial charge on any atom is -0.494 e. The third kappa shape index (κ3) is 4.43. The number of piperazine rings is 1. The number of aromatic nitrogens is 1. The van der Waals surface area contributed by atoms with Gasteiger partial charge in [-0.3, -0.25) is 14.9 Å². The van der Waals surface area contributed by atoms with Crippen LogP contribution in [-0.4, -0.2) is 53.5 Å². The Hall–Kier alpha value is -3.46. The van der Waals surface area contributed by atoms with Crippen molar-refractivity contribution in [3.8, 4) is 16.3 Å². The maximum Gasteiger partial charge on any atom is 0.292 e. The van der Waals surface area contributed by atoms with Gasteiger partial charge in [-0.05, 0) is 44.2 Å².